The van der Waals surface area contributed by atoms with Crippen molar-refractivity contribution in [1.29, 1.82) is 0 Å². The highest BCUT2D eigenvalue weighted by Gasteiger charge is 2.21. The van der Waals surface area contributed by atoms with Crippen molar-refractivity contribution in [1.82, 2.24) is 20.1 Å². The molecule has 140 valence electrons. The number of nitrogens with one attached hydrogen (secondary N) is 1. The fourth-order valence-electron chi connectivity index (χ4n) is 3.96. The molecule has 1 aliphatic heterocycles. The summed E-state index contributed by atoms with van der Waals surface area (Å²) in [7, 11) is 1.73. The van der Waals surface area contributed by atoms with Crippen molar-refractivity contribution < 1.29 is 4.74 Å². The molecule has 0 amide bonds. The van der Waals surface area contributed by atoms with Crippen molar-refractivity contribution in [2.75, 3.05) is 20.2 Å². The molecule has 0 spiro atoms. The average Bonchev–Trinajstić information content (AvgIpc) is 2.99. The quantitative estimate of drug-likeness (QED) is 0.769. The topological polar surface area (TPSA) is 54.0 Å². The molecule has 0 bridgehead atoms. The van der Waals surface area contributed by atoms with E-state index in [2.05, 4.69) is 51.3 Å². The third-order valence-electron chi connectivity index (χ3n) is 5.48. The number of aromatic nitrogens is 3. The van der Waals surface area contributed by atoms with E-state index in [4.69, 9.17) is 4.74 Å². The van der Waals surface area contributed by atoms with Gasteiger partial charge in [0.25, 0.3) is 0 Å². The molecule has 27 heavy (non-hydrogen) atoms. The zero-order chi connectivity index (χ0) is 18.8. The molecule has 2 aromatic heterocycles. The number of ether oxygens (including phenoxy) is 1. The van der Waals surface area contributed by atoms with E-state index in [1.807, 2.05) is 19.2 Å². The number of H-pyrrole nitrogens is 1. The summed E-state index contributed by atoms with van der Waals surface area (Å²) in [5.74, 6) is 0.954. The van der Waals surface area contributed by atoms with Crippen LogP contribution in [-0.4, -0.2) is 40.3 Å². The molecule has 5 nitrogen and oxygen atoms in total. The van der Waals surface area contributed by atoms with E-state index in [1.54, 1.807) is 7.11 Å². The van der Waals surface area contributed by atoms with Gasteiger partial charge in [0.1, 0.15) is 5.75 Å². The smallest absolute Gasteiger partial charge is 0.128 e. The van der Waals surface area contributed by atoms with Crippen LogP contribution in [0.4, 0.5) is 0 Å². The van der Waals surface area contributed by atoms with Gasteiger partial charge in [-0.3, -0.25) is 15.0 Å². The zero-order valence-electron chi connectivity index (χ0n) is 16.2. The predicted octanol–water partition coefficient (Wildman–Crippen LogP) is 3.70. The van der Waals surface area contributed by atoms with Crippen LogP contribution in [0.1, 0.15) is 28.1 Å². The molecule has 1 aromatic carbocycles. The molecule has 3 heterocycles. The minimum absolute atomic E-state index is 0.848. The molecule has 0 atom stereocenters. The Bertz CT molecular complexity index is 933. The van der Waals surface area contributed by atoms with E-state index in [0.29, 0.717) is 0 Å². The van der Waals surface area contributed by atoms with Crippen LogP contribution in [0.3, 0.4) is 0 Å². The molecule has 0 aliphatic carbocycles. The summed E-state index contributed by atoms with van der Waals surface area (Å²) in [4.78, 5) is 7.15. The van der Waals surface area contributed by atoms with E-state index in [-0.39, 0.29) is 0 Å². The molecule has 0 saturated heterocycles. The van der Waals surface area contributed by atoms with Crippen LogP contribution < -0.4 is 4.74 Å². The van der Waals surface area contributed by atoms with Crippen LogP contribution in [0.15, 0.2) is 36.5 Å². The van der Waals surface area contributed by atoms with E-state index < -0.39 is 0 Å². The Labute approximate surface area is 160 Å². The highest BCUT2D eigenvalue weighted by molar-refractivity contribution is 5.64. The Kier molecular flexibility index (Phi) is 4.94. The zero-order valence-corrected chi connectivity index (χ0v) is 16.2. The Balaban J connectivity index is 1.52. The predicted molar refractivity (Wildman–Crippen MR) is 107 cm³/mol. The van der Waals surface area contributed by atoms with Gasteiger partial charge in [0.05, 0.1) is 18.5 Å². The second kappa shape index (κ2) is 7.53. The van der Waals surface area contributed by atoms with E-state index in [1.165, 1.54) is 16.8 Å². The first-order valence-corrected chi connectivity index (χ1v) is 9.50. The lowest BCUT2D eigenvalue weighted by Crippen LogP contribution is -2.27. The molecule has 0 unspecified atom stereocenters. The number of methoxy groups -OCH3 is 1. The highest BCUT2D eigenvalue weighted by atomic mass is 16.5. The molecule has 1 aliphatic rings. The second-order valence-corrected chi connectivity index (χ2v) is 7.22. The Hall–Kier alpha value is -2.66. The fraction of sp³-hybridized carbons (Fsp3) is 0.364. The largest absolute Gasteiger partial charge is 0.496 e. The maximum Gasteiger partial charge on any atom is 0.128 e. The number of rotatable bonds is 4. The number of hydrogen-bond donors (Lipinski definition) is 1. The molecular formula is C22H26N4O. The van der Waals surface area contributed by atoms with Crippen molar-refractivity contribution >= 4 is 0 Å². The number of pyridine rings is 1. The van der Waals surface area contributed by atoms with E-state index >= 15 is 0 Å². The van der Waals surface area contributed by atoms with Gasteiger partial charge in [-0.15, -0.1) is 0 Å². The van der Waals surface area contributed by atoms with Gasteiger partial charge in [-0.2, -0.15) is 5.10 Å². The summed E-state index contributed by atoms with van der Waals surface area (Å²) in [6.45, 7) is 7.00. The van der Waals surface area contributed by atoms with Gasteiger partial charge in [0.2, 0.25) is 0 Å². The minimum Gasteiger partial charge on any atom is -0.496 e. The van der Waals surface area contributed by atoms with Crippen LogP contribution in [0.25, 0.3) is 11.3 Å². The van der Waals surface area contributed by atoms with Crippen molar-refractivity contribution in [2.24, 2.45) is 0 Å². The molecule has 0 radical (unpaired) electrons. The van der Waals surface area contributed by atoms with E-state index in [9.17, 15) is 0 Å². The van der Waals surface area contributed by atoms with E-state index in [0.717, 1.165) is 60.7 Å². The number of nitrogens with zero attached hydrogens (tertiary/aromatic N) is 3. The monoisotopic (exact) mass is 362 g/mol. The van der Waals surface area contributed by atoms with Gasteiger partial charge in [-0.1, -0.05) is 30.3 Å². The van der Waals surface area contributed by atoms with Crippen LogP contribution in [0, 0.1) is 13.8 Å². The van der Waals surface area contributed by atoms with Gasteiger partial charge in [0.15, 0.2) is 0 Å². The first kappa shape index (κ1) is 17.7. The summed E-state index contributed by atoms with van der Waals surface area (Å²) in [5, 5.41) is 7.87. The van der Waals surface area contributed by atoms with Crippen molar-refractivity contribution in [2.45, 2.75) is 33.2 Å². The molecule has 3 aromatic rings. The van der Waals surface area contributed by atoms with Gasteiger partial charge < -0.3 is 4.74 Å². The third kappa shape index (κ3) is 3.47. The molecular weight excluding hydrogens is 336 g/mol. The summed E-state index contributed by atoms with van der Waals surface area (Å²) < 4.78 is 5.56. The standard InChI is InChI=1S/C22H26N4O/c1-15-13-23-20(16(2)22(15)27-3)14-26-11-9-18-19(10-12-26)24-25-21(18)17-7-5-4-6-8-17/h4-8,13H,9-12,14H2,1-3H3,(H,24,25). The lowest BCUT2D eigenvalue weighted by molar-refractivity contribution is 0.273. The summed E-state index contributed by atoms with van der Waals surface area (Å²) in [6, 6.07) is 10.4. The summed E-state index contributed by atoms with van der Waals surface area (Å²) in [5.41, 5.74) is 8.24. The maximum atomic E-state index is 5.56. The van der Waals surface area contributed by atoms with Gasteiger partial charge in [-0.25, -0.2) is 0 Å². The third-order valence-corrected chi connectivity index (χ3v) is 5.48. The number of fused-ring (bicyclic) bond motifs is 1. The molecule has 1 N–H and O–H groups in total. The molecule has 4 rings (SSSR count). The SMILES string of the molecule is COc1c(C)cnc(CN2CCc3[nH]nc(-c4ccccc4)c3CC2)c1C. The number of hydrogen-bond acceptors (Lipinski definition) is 4. The van der Waals surface area contributed by atoms with Crippen LogP contribution in [-0.2, 0) is 19.4 Å². The average molecular weight is 362 g/mol. The fourth-order valence-corrected chi connectivity index (χ4v) is 3.96. The van der Waals surface area contributed by atoms with Crippen LogP contribution in [0.2, 0.25) is 0 Å². The molecule has 0 saturated carbocycles. The lowest BCUT2D eigenvalue weighted by Gasteiger charge is -2.21. The van der Waals surface area contributed by atoms with Crippen molar-refractivity contribution in [3.05, 3.63) is 64.6 Å². The first-order chi connectivity index (χ1) is 13.2. The Morgan fingerprint density at radius 3 is 2.67 bits per heavy atom. The van der Waals surface area contributed by atoms with Gasteiger partial charge >= 0.3 is 0 Å². The summed E-state index contributed by atoms with van der Waals surface area (Å²) >= 11 is 0. The second-order valence-electron chi connectivity index (χ2n) is 7.22. The molecule has 5 heteroatoms. The van der Waals surface area contributed by atoms with Crippen LogP contribution in [0.5, 0.6) is 5.75 Å². The minimum atomic E-state index is 0.848. The number of benzene rings is 1. The Morgan fingerprint density at radius 1 is 1.11 bits per heavy atom. The van der Waals surface area contributed by atoms with Gasteiger partial charge in [-0.05, 0) is 20.3 Å². The number of aromatic amines is 1. The van der Waals surface area contributed by atoms with Gasteiger partial charge in [0, 0.05) is 60.2 Å². The Morgan fingerprint density at radius 2 is 1.89 bits per heavy atom. The molecule has 0 fully saturated rings. The normalized spacial score (nSPS) is 14.6. The number of aryl methyl sites for hydroxylation is 1. The van der Waals surface area contributed by atoms with Crippen LogP contribution >= 0.6 is 0 Å². The van der Waals surface area contributed by atoms with Crippen molar-refractivity contribution in [3.63, 3.8) is 0 Å². The highest BCUT2D eigenvalue weighted by Crippen LogP contribution is 2.28. The lowest BCUT2D eigenvalue weighted by atomic mass is 10.0. The van der Waals surface area contributed by atoms with Crippen molar-refractivity contribution in [3.8, 4) is 17.0 Å². The first-order valence-electron chi connectivity index (χ1n) is 9.50. The maximum absolute atomic E-state index is 5.56. The summed E-state index contributed by atoms with van der Waals surface area (Å²) in [6.07, 6.45) is 3.90.